The third-order valence-corrected chi connectivity index (χ3v) is 3.57. The molecule has 1 heterocycles. The van der Waals surface area contributed by atoms with Crippen molar-refractivity contribution < 1.29 is 14.3 Å². The van der Waals surface area contributed by atoms with Gasteiger partial charge in [0.05, 0.1) is 12.8 Å². The van der Waals surface area contributed by atoms with E-state index < -0.39 is 5.60 Å². The van der Waals surface area contributed by atoms with E-state index in [9.17, 15) is 9.90 Å². The molecule has 5 nitrogen and oxygen atoms in total. The molecule has 0 spiro atoms. The maximum absolute atomic E-state index is 11.7. The molecule has 0 bridgehead atoms. The van der Waals surface area contributed by atoms with Crippen LogP contribution in [0.15, 0.2) is 35.0 Å². The number of hydrogen-bond acceptors (Lipinski definition) is 3. The van der Waals surface area contributed by atoms with Crippen molar-refractivity contribution in [2.75, 3.05) is 13.1 Å². The average Bonchev–Trinajstić information content (AvgIpc) is 2.99. The highest BCUT2D eigenvalue weighted by Crippen LogP contribution is 2.20. The summed E-state index contributed by atoms with van der Waals surface area (Å²) in [4.78, 5) is 11.7. The molecule has 0 saturated heterocycles. The number of allylic oxidation sites excluding steroid dienone is 2. The monoisotopic (exact) mass is 278 g/mol. The minimum atomic E-state index is -1.20. The SMILES string of the molecule is C[C@](O)(CNC(=O)NC[C@@H]1CC=CCC1)c1ccco1. The van der Waals surface area contributed by atoms with Crippen LogP contribution in [0.25, 0.3) is 0 Å². The fourth-order valence-corrected chi connectivity index (χ4v) is 2.27. The zero-order valence-corrected chi connectivity index (χ0v) is 11.8. The zero-order valence-electron chi connectivity index (χ0n) is 11.8. The second kappa shape index (κ2) is 6.61. The van der Waals surface area contributed by atoms with Crippen LogP contribution in [0, 0.1) is 5.92 Å². The van der Waals surface area contributed by atoms with E-state index in [1.165, 1.54) is 6.26 Å². The molecule has 0 aromatic carbocycles. The summed E-state index contributed by atoms with van der Waals surface area (Å²) in [6.45, 7) is 2.38. The first kappa shape index (κ1) is 14.7. The van der Waals surface area contributed by atoms with Crippen molar-refractivity contribution >= 4 is 6.03 Å². The molecule has 1 aliphatic rings. The lowest BCUT2D eigenvalue weighted by Gasteiger charge is -2.22. The van der Waals surface area contributed by atoms with Gasteiger partial charge in [-0.05, 0) is 44.2 Å². The molecule has 0 radical (unpaired) electrons. The Kier molecular flexibility index (Phi) is 4.84. The minimum absolute atomic E-state index is 0.108. The number of rotatable bonds is 5. The van der Waals surface area contributed by atoms with Gasteiger partial charge in [0, 0.05) is 6.54 Å². The van der Waals surface area contributed by atoms with Crippen molar-refractivity contribution in [1.29, 1.82) is 0 Å². The van der Waals surface area contributed by atoms with Crippen molar-refractivity contribution in [2.45, 2.75) is 31.8 Å². The maximum atomic E-state index is 11.7. The van der Waals surface area contributed by atoms with Crippen LogP contribution < -0.4 is 10.6 Å². The lowest BCUT2D eigenvalue weighted by atomic mass is 9.94. The summed E-state index contributed by atoms with van der Waals surface area (Å²) >= 11 is 0. The van der Waals surface area contributed by atoms with Gasteiger partial charge in [0.1, 0.15) is 11.4 Å². The molecule has 5 heteroatoms. The minimum Gasteiger partial charge on any atom is -0.466 e. The normalized spacial score (nSPS) is 21.2. The van der Waals surface area contributed by atoms with Gasteiger partial charge in [-0.25, -0.2) is 4.79 Å². The molecule has 0 saturated carbocycles. The standard InChI is InChI=1S/C15H22N2O3/c1-15(19,13-8-5-9-20-13)11-17-14(18)16-10-12-6-3-2-4-7-12/h2-3,5,8-9,12,19H,4,6-7,10-11H2,1H3,(H2,16,17,18)/t12-,15+/m1/s1. The molecule has 1 aromatic rings. The van der Waals surface area contributed by atoms with Gasteiger partial charge in [0.25, 0.3) is 0 Å². The molecule has 1 aromatic heterocycles. The molecule has 2 atom stereocenters. The number of hydrogen-bond donors (Lipinski definition) is 3. The molecular formula is C15H22N2O3. The Labute approximate surface area is 119 Å². The van der Waals surface area contributed by atoms with Crippen LogP contribution in [0.2, 0.25) is 0 Å². The van der Waals surface area contributed by atoms with Gasteiger partial charge in [-0.1, -0.05) is 12.2 Å². The first-order chi connectivity index (χ1) is 9.58. The Morgan fingerprint density at radius 2 is 2.35 bits per heavy atom. The van der Waals surface area contributed by atoms with Crippen LogP contribution in [-0.2, 0) is 5.60 Å². The topological polar surface area (TPSA) is 74.5 Å². The third-order valence-electron chi connectivity index (χ3n) is 3.57. The van der Waals surface area contributed by atoms with Gasteiger partial charge in [-0.3, -0.25) is 0 Å². The van der Waals surface area contributed by atoms with Crippen molar-refractivity contribution in [3.05, 3.63) is 36.3 Å². The molecule has 0 fully saturated rings. The quantitative estimate of drug-likeness (QED) is 0.722. The third kappa shape index (κ3) is 4.13. The van der Waals surface area contributed by atoms with Gasteiger partial charge in [-0.2, -0.15) is 0 Å². The van der Waals surface area contributed by atoms with E-state index in [0.717, 1.165) is 19.3 Å². The number of urea groups is 1. The Balaban J connectivity index is 1.71. The van der Waals surface area contributed by atoms with Crippen LogP contribution >= 0.6 is 0 Å². The number of carbonyl (C=O) groups is 1. The highest BCUT2D eigenvalue weighted by molar-refractivity contribution is 5.73. The lowest BCUT2D eigenvalue weighted by molar-refractivity contribution is 0.0367. The fraction of sp³-hybridized carbons (Fsp3) is 0.533. The van der Waals surface area contributed by atoms with Crippen molar-refractivity contribution in [1.82, 2.24) is 10.6 Å². The summed E-state index contributed by atoms with van der Waals surface area (Å²) < 4.78 is 5.16. The lowest BCUT2D eigenvalue weighted by Crippen LogP contribution is -2.44. The van der Waals surface area contributed by atoms with Gasteiger partial charge < -0.3 is 20.2 Å². The number of carbonyl (C=O) groups excluding carboxylic acids is 1. The summed E-state index contributed by atoms with van der Waals surface area (Å²) in [5, 5.41) is 15.7. The number of amides is 2. The summed E-state index contributed by atoms with van der Waals surface area (Å²) in [6, 6.07) is 3.14. The predicted molar refractivity (Wildman–Crippen MR) is 76.2 cm³/mol. The summed E-state index contributed by atoms with van der Waals surface area (Å²) in [5.41, 5.74) is -1.20. The van der Waals surface area contributed by atoms with Crippen molar-refractivity contribution in [2.24, 2.45) is 5.92 Å². The summed E-state index contributed by atoms with van der Waals surface area (Å²) in [5.74, 6) is 0.951. The smallest absolute Gasteiger partial charge is 0.314 e. The Hall–Kier alpha value is -1.75. The summed E-state index contributed by atoms with van der Waals surface area (Å²) in [7, 11) is 0. The van der Waals surface area contributed by atoms with E-state index in [2.05, 4.69) is 22.8 Å². The van der Waals surface area contributed by atoms with E-state index in [1.807, 2.05) is 0 Å². The second-order valence-electron chi connectivity index (χ2n) is 5.47. The number of nitrogens with one attached hydrogen (secondary N) is 2. The summed E-state index contributed by atoms with van der Waals surface area (Å²) in [6.07, 6.45) is 9.06. The first-order valence-corrected chi connectivity index (χ1v) is 7.01. The molecule has 1 aliphatic carbocycles. The highest BCUT2D eigenvalue weighted by Gasteiger charge is 2.26. The Morgan fingerprint density at radius 1 is 1.50 bits per heavy atom. The average molecular weight is 278 g/mol. The van der Waals surface area contributed by atoms with Crippen LogP contribution in [-0.4, -0.2) is 24.2 Å². The molecule has 0 aliphatic heterocycles. The number of furan rings is 1. The van der Waals surface area contributed by atoms with Crippen LogP contribution in [0.3, 0.4) is 0 Å². The maximum Gasteiger partial charge on any atom is 0.314 e. The molecular weight excluding hydrogens is 256 g/mol. The Morgan fingerprint density at radius 3 is 3.00 bits per heavy atom. The van der Waals surface area contributed by atoms with Crippen LogP contribution in [0.5, 0.6) is 0 Å². The zero-order chi connectivity index (χ0) is 14.4. The van der Waals surface area contributed by atoms with Gasteiger partial charge in [0.2, 0.25) is 0 Å². The molecule has 2 rings (SSSR count). The molecule has 110 valence electrons. The van der Waals surface area contributed by atoms with Crippen molar-refractivity contribution in [3.8, 4) is 0 Å². The molecule has 3 N–H and O–H groups in total. The molecule has 2 amide bonds. The fourth-order valence-electron chi connectivity index (χ4n) is 2.27. The largest absolute Gasteiger partial charge is 0.466 e. The van der Waals surface area contributed by atoms with Gasteiger partial charge in [-0.15, -0.1) is 0 Å². The second-order valence-corrected chi connectivity index (χ2v) is 5.47. The van der Waals surface area contributed by atoms with Crippen molar-refractivity contribution in [3.63, 3.8) is 0 Å². The first-order valence-electron chi connectivity index (χ1n) is 7.01. The van der Waals surface area contributed by atoms with E-state index in [1.54, 1.807) is 19.1 Å². The number of aliphatic hydroxyl groups is 1. The predicted octanol–water partition coefficient (Wildman–Crippen LogP) is 2.14. The molecule has 0 unspecified atom stereocenters. The van der Waals surface area contributed by atoms with E-state index in [0.29, 0.717) is 18.2 Å². The highest BCUT2D eigenvalue weighted by atomic mass is 16.4. The van der Waals surface area contributed by atoms with Crippen LogP contribution in [0.4, 0.5) is 4.79 Å². The van der Waals surface area contributed by atoms with E-state index >= 15 is 0 Å². The van der Waals surface area contributed by atoms with E-state index in [-0.39, 0.29) is 12.6 Å². The molecule has 20 heavy (non-hydrogen) atoms. The van der Waals surface area contributed by atoms with Gasteiger partial charge >= 0.3 is 6.03 Å². The van der Waals surface area contributed by atoms with Crippen LogP contribution in [0.1, 0.15) is 31.9 Å². The van der Waals surface area contributed by atoms with E-state index in [4.69, 9.17) is 4.42 Å². The van der Waals surface area contributed by atoms with Gasteiger partial charge in [0.15, 0.2) is 0 Å². The Bertz CT molecular complexity index is 452.